The van der Waals surface area contributed by atoms with Gasteiger partial charge in [0.1, 0.15) is 22.9 Å². The average Bonchev–Trinajstić information content (AvgIpc) is 3.48. The molecular formula is C26H24BrCl2FN4O4S. The van der Waals surface area contributed by atoms with Crippen LogP contribution in [0, 0.1) is 17.1 Å². The van der Waals surface area contributed by atoms with Crippen LogP contribution in [-0.2, 0) is 25.0 Å². The van der Waals surface area contributed by atoms with Crippen LogP contribution in [0.25, 0.3) is 0 Å². The van der Waals surface area contributed by atoms with Crippen LogP contribution < -0.4 is 5.32 Å². The summed E-state index contributed by atoms with van der Waals surface area (Å²) in [5, 5.41) is 11.2. The number of carbonyl (C=O) groups excluding carboxylic acids is 2. The molecule has 1 N–H and O–H groups in total. The lowest BCUT2D eigenvalue weighted by atomic mass is 9.77. The molecule has 1 saturated carbocycles. The number of nitrogens with one attached hydrogen (secondary N) is 1. The Bertz CT molecular complexity index is 1530. The first-order chi connectivity index (χ1) is 18.3. The van der Waals surface area contributed by atoms with Gasteiger partial charge < -0.3 is 10.2 Å². The second kappa shape index (κ2) is 10.00. The summed E-state index contributed by atoms with van der Waals surface area (Å²) in [4.78, 5) is 30.6. The van der Waals surface area contributed by atoms with Gasteiger partial charge in [-0.25, -0.2) is 12.8 Å². The number of amides is 2. The maximum Gasteiger partial charge on any atom is 0.248 e. The Labute approximate surface area is 244 Å². The minimum Gasteiger partial charge on any atom is -0.336 e. The van der Waals surface area contributed by atoms with Gasteiger partial charge in [-0.1, -0.05) is 45.2 Å². The molecule has 5 rings (SSSR count). The van der Waals surface area contributed by atoms with Crippen LogP contribution in [-0.4, -0.2) is 67.0 Å². The first kappa shape index (κ1) is 28.3. The number of rotatable bonds is 6. The van der Waals surface area contributed by atoms with Gasteiger partial charge in [0, 0.05) is 28.1 Å². The van der Waals surface area contributed by atoms with Gasteiger partial charge in [-0.15, -0.1) is 0 Å². The SMILES string of the molecule is CN1CCC1(C(=O)N1C[C@H](S(=O)(=O)c2ccc(Br)cc2Cl)C[C@H]1C(=O)NC1(C#N)CC1)c1ccc(Cl)cc1F. The highest BCUT2D eigenvalue weighted by atomic mass is 79.9. The van der Waals surface area contributed by atoms with Crippen molar-refractivity contribution in [3.63, 3.8) is 0 Å². The van der Waals surface area contributed by atoms with Gasteiger partial charge in [-0.05, 0) is 63.1 Å². The summed E-state index contributed by atoms with van der Waals surface area (Å²) in [5.41, 5.74) is -2.36. The maximum absolute atomic E-state index is 15.2. The third-order valence-electron chi connectivity index (χ3n) is 7.98. The molecule has 3 fully saturated rings. The van der Waals surface area contributed by atoms with Crippen molar-refractivity contribution in [1.29, 1.82) is 5.26 Å². The number of nitriles is 1. The Balaban J connectivity index is 1.54. The monoisotopic (exact) mass is 656 g/mol. The van der Waals surface area contributed by atoms with E-state index in [1.807, 2.05) is 0 Å². The molecule has 3 atom stereocenters. The molecule has 0 spiro atoms. The van der Waals surface area contributed by atoms with E-state index in [4.69, 9.17) is 23.2 Å². The highest BCUT2D eigenvalue weighted by Gasteiger charge is 2.58. The topological polar surface area (TPSA) is 111 Å². The smallest absolute Gasteiger partial charge is 0.248 e. The van der Waals surface area contributed by atoms with Gasteiger partial charge in [0.15, 0.2) is 9.84 Å². The summed E-state index contributed by atoms with van der Waals surface area (Å²) in [6.45, 7) is 0.197. The molecule has 206 valence electrons. The predicted octanol–water partition coefficient (Wildman–Crippen LogP) is 4.04. The minimum atomic E-state index is -4.08. The lowest BCUT2D eigenvalue weighted by molar-refractivity contribution is -0.157. The molecular weight excluding hydrogens is 634 g/mol. The fraction of sp³-hybridized carbons (Fsp3) is 0.423. The van der Waals surface area contributed by atoms with Crippen LogP contribution in [0.4, 0.5) is 4.39 Å². The van der Waals surface area contributed by atoms with Crippen LogP contribution in [0.15, 0.2) is 45.8 Å². The van der Waals surface area contributed by atoms with E-state index in [0.717, 1.165) is 6.07 Å². The summed E-state index contributed by atoms with van der Waals surface area (Å²) >= 11 is 15.5. The summed E-state index contributed by atoms with van der Waals surface area (Å²) in [6, 6.07) is 9.34. The summed E-state index contributed by atoms with van der Waals surface area (Å²) in [5.74, 6) is -1.87. The molecule has 13 heteroatoms. The van der Waals surface area contributed by atoms with Gasteiger partial charge in [0.25, 0.3) is 0 Å². The van der Waals surface area contributed by atoms with E-state index in [-0.39, 0.29) is 39.9 Å². The van der Waals surface area contributed by atoms with E-state index in [0.29, 0.717) is 23.9 Å². The fourth-order valence-corrected chi connectivity index (χ4v) is 8.33. The molecule has 2 aliphatic heterocycles. The van der Waals surface area contributed by atoms with Crippen molar-refractivity contribution in [2.75, 3.05) is 20.1 Å². The molecule has 1 aliphatic carbocycles. The number of sulfone groups is 1. The molecule has 2 aromatic carbocycles. The van der Waals surface area contributed by atoms with E-state index in [9.17, 15) is 23.3 Å². The van der Waals surface area contributed by atoms with Gasteiger partial charge >= 0.3 is 0 Å². The van der Waals surface area contributed by atoms with Gasteiger partial charge in [0.05, 0.1) is 21.2 Å². The molecule has 2 aromatic rings. The molecule has 0 aromatic heterocycles. The molecule has 8 nitrogen and oxygen atoms in total. The number of benzene rings is 2. The minimum absolute atomic E-state index is 0.00926. The summed E-state index contributed by atoms with van der Waals surface area (Å²) < 4.78 is 43.2. The molecule has 1 unspecified atom stereocenters. The third-order valence-corrected chi connectivity index (χ3v) is 11.3. The van der Waals surface area contributed by atoms with Crippen LogP contribution in [0.3, 0.4) is 0 Å². The zero-order valence-electron chi connectivity index (χ0n) is 20.8. The normalized spacial score (nSPS) is 26.0. The standard InChI is InChI=1S/C26H24BrCl2FN4O4S/c1-33-9-8-26(33,18-4-3-16(28)11-20(18)30)24(36)34-13-17(12-21(34)23(35)32-25(14-31)6-7-25)39(37,38)22-5-2-15(27)10-19(22)29/h2-5,10-11,17,21H,6-9,12-13H2,1H3,(H,32,35)/t17-,21+,26?/m1/s1. The number of nitrogens with zero attached hydrogens (tertiary/aromatic N) is 3. The molecule has 2 heterocycles. The Morgan fingerprint density at radius 3 is 2.44 bits per heavy atom. The van der Waals surface area contributed by atoms with Gasteiger partial charge in [-0.2, -0.15) is 5.26 Å². The first-order valence-electron chi connectivity index (χ1n) is 12.2. The highest BCUT2D eigenvalue weighted by Crippen LogP contribution is 2.45. The molecule has 0 radical (unpaired) electrons. The van der Waals surface area contributed by atoms with E-state index in [1.165, 1.54) is 29.2 Å². The Hall–Kier alpha value is -2.23. The number of hydrogen-bond donors (Lipinski definition) is 1. The second-order valence-corrected chi connectivity index (χ2v) is 14.2. The highest BCUT2D eigenvalue weighted by molar-refractivity contribution is 9.10. The van der Waals surface area contributed by atoms with Crippen LogP contribution in [0.2, 0.25) is 10.0 Å². The van der Waals surface area contributed by atoms with Gasteiger partial charge in [0.2, 0.25) is 11.8 Å². The number of hydrogen-bond acceptors (Lipinski definition) is 6. The Morgan fingerprint density at radius 1 is 1.18 bits per heavy atom. The number of likely N-dealkylation sites (N-methyl/N-ethyl adjacent to an activating group) is 1. The van der Waals surface area contributed by atoms with Crippen molar-refractivity contribution in [1.82, 2.24) is 15.1 Å². The lowest BCUT2D eigenvalue weighted by Crippen LogP contribution is -2.66. The van der Waals surface area contributed by atoms with E-state index in [2.05, 4.69) is 27.3 Å². The van der Waals surface area contributed by atoms with Crippen molar-refractivity contribution in [2.45, 2.75) is 52.9 Å². The quantitative estimate of drug-likeness (QED) is 0.502. The third kappa shape index (κ3) is 4.74. The van der Waals surface area contributed by atoms with Crippen molar-refractivity contribution in [3.05, 3.63) is 62.3 Å². The first-order valence-corrected chi connectivity index (χ1v) is 15.3. The molecule has 0 bridgehead atoms. The largest absolute Gasteiger partial charge is 0.336 e. The zero-order valence-corrected chi connectivity index (χ0v) is 24.7. The fourth-order valence-electron chi connectivity index (χ4n) is 5.44. The van der Waals surface area contributed by atoms with Crippen LogP contribution >= 0.6 is 39.1 Å². The van der Waals surface area contributed by atoms with Crippen LogP contribution in [0.1, 0.15) is 31.2 Å². The van der Waals surface area contributed by atoms with Crippen LogP contribution in [0.5, 0.6) is 0 Å². The van der Waals surface area contributed by atoms with Crippen molar-refractivity contribution < 1.29 is 22.4 Å². The van der Waals surface area contributed by atoms with Crippen molar-refractivity contribution in [3.8, 4) is 6.07 Å². The number of likely N-dealkylation sites (tertiary alicyclic amines) is 2. The summed E-state index contributed by atoms with van der Waals surface area (Å²) in [7, 11) is -2.40. The van der Waals surface area contributed by atoms with Gasteiger partial charge in [-0.3, -0.25) is 14.5 Å². The van der Waals surface area contributed by atoms with Crippen molar-refractivity contribution in [2.24, 2.45) is 0 Å². The second-order valence-electron chi connectivity index (χ2n) is 10.3. The molecule has 3 aliphatic rings. The van der Waals surface area contributed by atoms with E-state index in [1.54, 1.807) is 18.0 Å². The molecule has 2 saturated heterocycles. The maximum atomic E-state index is 15.2. The molecule has 39 heavy (non-hydrogen) atoms. The number of halogens is 4. The predicted molar refractivity (Wildman–Crippen MR) is 146 cm³/mol. The number of carbonyl (C=O) groups is 2. The van der Waals surface area contributed by atoms with E-state index >= 15 is 4.39 Å². The molecule has 2 amide bonds. The Kier molecular flexibility index (Phi) is 7.26. The van der Waals surface area contributed by atoms with Crippen molar-refractivity contribution >= 4 is 60.8 Å². The Morgan fingerprint density at radius 2 is 1.90 bits per heavy atom. The lowest BCUT2D eigenvalue weighted by Gasteiger charge is -2.51. The average molecular weight is 658 g/mol. The van der Waals surface area contributed by atoms with E-state index < -0.39 is 49.8 Å². The summed E-state index contributed by atoms with van der Waals surface area (Å²) in [6.07, 6.45) is 1.00. The zero-order chi connectivity index (χ0) is 28.3.